The Bertz CT molecular complexity index is 365. The molecule has 0 aromatic heterocycles. The van der Waals surface area contributed by atoms with E-state index in [1.807, 2.05) is 0 Å². The van der Waals surface area contributed by atoms with Crippen LogP contribution in [0.2, 0.25) is 0 Å². The molecule has 0 fully saturated rings. The van der Waals surface area contributed by atoms with Crippen molar-refractivity contribution in [2.75, 3.05) is 13.6 Å². The number of allylic oxidation sites excluding steroid dienone is 4. The van der Waals surface area contributed by atoms with Crippen molar-refractivity contribution in [1.82, 2.24) is 5.32 Å². The number of hydrogen-bond donors (Lipinski definition) is 2. The van der Waals surface area contributed by atoms with E-state index in [-0.39, 0.29) is 12.3 Å². The molecule has 0 saturated heterocycles. The standard InChI is InChI=1S/C10H11FN2.CH2O2/c1-3-6-13-8-4-5-9(11)10(7-8)12-2;2-1-3/h1,4-5,12H,6-7H2,2H3;1H,(H,2,3). The highest BCUT2D eigenvalue weighted by molar-refractivity contribution is 5.98. The molecule has 0 heterocycles. The maximum absolute atomic E-state index is 13.0. The van der Waals surface area contributed by atoms with Crippen LogP contribution in [0.1, 0.15) is 6.42 Å². The summed E-state index contributed by atoms with van der Waals surface area (Å²) in [7, 11) is 1.69. The summed E-state index contributed by atoms with van der Waals surface area (Å²) < 4.78 is 13.0. The molecular weight excluding hydrogens is 211 g/mol. The molecule has 86 valence electrons. The SMILES string of the molecule is C#CCN=C1C=CC(F)=C(NC)C1.O=CO. The third kappa shape index (κ3) is 4.96. The largest absolute Gasteiger partial charge is 0.483 e. The predicted octanol–water partition coefficient (Wildman–Crippen LogP) is 1.12. The van der Waals surface area contributed by atoms with E-state index in [4.69, 9.17) is 16.3 Å². The lowest BCUT2D eigenvalue weighted by molar-refractivity contribution is -0.122. The lowest BCUT2D eigenvalue weighted by Crippen LogP contribution is -2.14. The van der Waals surface area contributed by atoms with E-state index in [0.717, 1.165) is 5.71 Å². The van der Waals surface area contributed by atoms with E-state index < -0.39 is 0 Å². The third-order valence-corrected chi connectivity index (χ3v) is 1.74. The number of rotatable bonds is 2. The highest BCUT2D eigenvalue weighted by Crippen LogP contribution is 2.15. The highest BCUT2D eigenvalue weighted by Gasteiger charge is 2.09. The number of carbonyl (C=O) groups is 1. The number of terminal acetylenes is 1. The third-order valence-electron chi connectivity index (χ3n) is 1.74. The molecule has 0 bridgehead atoms. The fourth-order valence-electron chi connectivity index (χ4n) is 1.06. The van der Waals surface area contributed by atoms with Crippen LogP contribution in [-0.4, -0.2) is 30.9 Å². The minimum atomic E-state index is -0.250. The van der Waals surface area contributed by atoms with Gasteiger partial charge in [-0.15, -0.1) is 6.42 Å². The fraction of sp³-hybridized carbons (Fsp3) is 0.273. The van der Waals surface area contributed by atoms with E-state index in [2.05, 4.69) is 16.2 Å². The van der Waals surface area contributed by atoms with Crippen LogP contribution in [0.25, 0.3) is 0 Å². The van der Waals surface area contributed by atoms with Gasteiger partial charge in [-0.2, -0.15) is 0 Å². The zero-order valence-electron chi connectivity index (χ0n) is 8.90. The lowest BCUT2D eigenvalue weighted by atomic mass is 10.1. The Labute approximate surface area is 93.6 Å². The van der Waals surface area contributed by atoms with Crippen molar-refractivity contribution < 1.29 is 14.3 Å². The van der Waals surface area contributed by atoms with Crippen LogP contribution >= 0.6 is 0 Å². The van der Waals surface area contributed by atoms with E-state index >= 15 is 0 Å². The van der Waals surface area contributed by atoms with Crippen LogP contribution in [0.4, 0.5) is 4.39 Å². The Balaban J connectivity index is 0.000000673. The molecule has 1 rings (SSSR count). The highest BCUT2D eigenvalue weighted by atomic mass is 19.1. The van der Waals surface area contributed by atoms with Crippen molar-refractivity contribution >= 4 is 12.2 Å². The molecule has 0 unspecified atom stereocenters. The number of carboxylic acid groups (broad SMARTS) is 1. The lowest BCUT2D eigenvalue weighted by Gasteiger charge is -2.11. The second kappa shape index (κ2) is 8.24. The monoisotopic (exact) mass is 224 g/mol. The molecule has 0 atom stereocenters. The maximum atomic E-state index is 13.0. The molecule has 4 nitrogen and oxygen atoms in total. The Morgan fingerprint density at radius 1 is 1.75 bits per heavy atom. The van der Waals surface area contributed by atoms with Crippen molar-refractivity contribution in [3.05, 3.63) is 23.7 Å². The molecule has 0 aromatic rings. The summed E-state index contributed by atoms with van der Waals surface area (Å²) >= 11 is 0. The van der Waals surface area contributed by atoms with E-state index in [1.165, 1.54) is 6.08 Å². The molecule has 1 aliphatic carbocycles. The number of nitrogens with zero attached hydrogens (tertiary/aromatic N) is 1. The minimum absolute atomic E-state index is 0.234. The summed E-state index contributed by atoms with van der Waals surface area (Å²) in [4.78, 5) is 12.4. The first-order valence-electron chi connectivity index (χ1n) is 4.48. The topological polar surface area (TPSA) is 61.7 Å². The van der Waals surface area contributed by atoms with Gasteiger partial charge in [-0.05, 0) is 12.2 Å². The Kier molecular flexibility index (Phi) is 7.16. The summed E-state index contributed by atoms with van der Waals surface area (Å²) in [6, 6.07) is 0. The molecule has 0 aromatic carbocycles. The van der Waals surface area contributed by atoms with Crippen molar-refractivity contribution in [2.45, 2.75) is 6.42 Å². The molecule has 0 radical (unpaired) electrons. The van der Waals surface area contributed by atoms with Gasteiger partial charge in [-0.1, -0.05) is 5.92 Å². The van der Waals surface area contributed by atoms with Crippen molar-refractivity contribution in [3.63, 3.8) is 0 Å². The number of hydrogen-bond acceptors (Lipinski definition) is 3. The summed E-state index contributed by atoms with van der Waals surface area (Å²) in [5, 5.41) is 9.67. The fourth-order valence-corrected chi connectivity index (χ4v) is 1.06. The normalized spacial score (nSPS) is 16.2. The molecule has 16 heavy (non-hydrogen) atoms. The smallest absolute Gasteiger partial charge is 0.290 e. The van der Waals surface area contributed by atoms with Crippen LogP contribution < -0.4 is 5.32 Å². The van der Waals surface area contributed by atoms with Gasteiger partial charge in [0.1, 0.15) is 5.83 Å². The van der Waals surface area contributed by atoms with Gasteiger partial charge in [0, 0.05) is 19.2 Å². The molecule has 5 heteroatoms. The van der Waals surface area contributed by atoms with Crippen LogP contribution in [-0.2, 0) is 4.79 Å². The van der Waals surface area contributed by atoms with Gasteiger partial charge in [0.15, 0.2) is 0 Å². The van der Waals surface area contributed by atoms with E-state index in [0.29, 0.717) is 18.7 Å². The second-order valence-electron chi connectivity index (χ2n) is 2.70. The van der Waals surface area contributed by atoms with Crippen LogP contribution in [0.15, 0.2) is 28.7 Å². The summed E-state index contributed by atoms with van der Waals surface area (Å²) in [6.07, 6.45) is 8.58. The average molecular weight is 224 g/mol. The van der Waals surface area contributed by atoms with Gasteiger partial charge in [-0.3, -0.25) is 9.79 Å². The van der Waals surface area contributed by atoms with Crippen LogP contribution in [0, 0.1) is 12.3 Å². The number of nitrogens with one attached hydrogen (secondary N) is 1. The van der Waals surface area contributed by atoms with Gasteiger partial charge >= 0.3 is 0 Å². The van der Waals surface area contributed by atoms with Crippen molar-refractivity contribution in [3.8, 4) is 12.3 Å². The van der Waals surface area contributed by atoms with Gasteiger partial charge in [-0.25, -0.2) is 4.39 Å². The Hall–Kier alpha value is -2.09. The average Bonchev–Trinajstić information content (AvgIpc) is 2.29. The minimum Gasteiger partial charge on any atom is -0.483 e. The molecular formula is C11H13FN2O2. The van der Waals surface area contributed by atoms with E-state index in [1.54, 1.807) is 13.1 Å². The molecule has 2 N–H and O–H groups in total. The van der Waals surface area contributed by atoms with Crippen LogP contribution in [0.5, 0.6) is 0 Å². The van der Waals surface area contributed by atoms with Crippen LogP contribution in [0.3, 0.4) is 0 Å². The van der Waals surface area contributed by atoms with Gasteiger partial charge in [0.2, 0.25) is 0 Å². The predicted molar refractivity (Wildman–Crippen MR) is 60.8 cm³/mol. The molecule has 0 amide bonds. The molecule has 0 spiro atoms. The molecule has 0 aliphatic heterocycles. The first kappa shape index (κ1) is 13.9. The zero-order chi connectivity index (χ0) is 12.4. The van der Waals surface area contributed by atoms with Gasteiger partial charge < -0.3 is 10.4 Å². The van der Waals surface area contributed by atoms with E-state index in [9.17, 15) is 4.39 Å². The summed E-state index contributed by atoms with van der Waals surface area (Å²) in [6.45, 7) is 0.0955. The number of aliphatic imine (C=N–C) groups is 1. The number of halogens is 1. The first-order chi connectivity index (χ1) is 7.69. The summed E-state index contributed by atoms with van der Waals surface area (Å²) in [5.41, 5.74) is 1.36. The van der Waals surface area contributed by atoms with Crippen molar-refractivity contribution in [2.24, 2.45) is 4.99 Å². The maximum Gasteiger partial charge on any atom is 0.290 e. The van der Waals surface area contributed by atoms with Crippen molar-refractivity contribution in [1.29, 1.82) is 0 Å². The molecule has 0 saturated carbocycles. The first-order valence-corrected chi connectivity index (χ1v) is 4.48. The summed E-state index contributed by atoms with van der Waals surface area (Å²) in [5.74, 6) is 2.17. The Morgan fingerprint density at radius 3 is 2.88 bits per heavy atom. The van der Waals surface area contributed by atoms with Gasteiger partial charge in [0.25, 0.3) is 6.47 Å². The Morgan fingerprint density at radius 2 is 2.38 bits per heavy atom. The second-order valence-corrected chi connectivity index (χ2v) is 2.70. The quantitative estimate of drug-likeness (QED) is 0.546. The molecule has 1 aliphatic rings. The zero-order valence-corrected chi connectivity index (χ0v) is 8.90. The van der Waals surface area contributed by atoms with Gasteiger partial charge in [0.05, 0.1) is 12.2 Å².